The van der Waals surface area contributed by atoms with Crippen LogP contribution in [0.3, 0.4) is 0 Å². The van der Waals surface area contributed by atoms with Gasteiger partial charge >= 0.3 is 0 Å². The quantitative estimate of drug-likeness (QED) is 0.669. The first-order valence-electron chi connectivity index (χ1n) is 7.92. The summed E-state index contributed by atoms with van der Waals surface area (Å²) in [6.07, 6.45) is 8.72. The maximum absolute atomic E-state index is 5.15. The Hall–Kier alpha value is -0.0800. The van der Waals surface area contributed by atoms with Gasteiger partial charge in [-0.15, -0.1) is 0 Å². The van der Waals surface area contributed by atoms with E-state index in [-0.39, 0.29) is 0 Å². The molecule has 2 aliphatic rings. The van der Waals surface area contributed by atoms with Crippen LogP contribution < -0.4 is 5.32 Å². The molecule has 2 nitrogen and oxygen atoms in total. The smallest absolute Gasteiger partial charge is 0.0587 e. The molecule has 0 aromatic heterocycles. The first-order chi connectivity index (χ1) is 8.73. The van der Waals surface area contributed by atoms with Crippen molar-refractivity contribution in [2.24, 2.45) is 23.2 Å². The van der Waals surface area contributed by atoms with Gasteiger partial charge in [0.05, 0.1) is 6.61 Å². The van der Waals surface area contributed by atoms with Crippen LogP contribution in [0.4, 0.5) is 0 Å². The van der Waals surface area contributed by atoms with E-state index in [1.165, 1.54) is 45.1 Å². The molecule has 2 aliphatic carbocycles. The van der Waals surface area contributed by atoms with E-state index in [0.29, 0.717) is 5.41 Å². The van der Waals surface area contributed by atoms with E-state index in [9.17, 15) is 0 Å². The van der Waals surface area contributed by atoms with Crippen LogP contribution in [0.5, 0.6) is 0 Å². The van der Waals surface area contributed by atoms with Gasteiger partial charge in [-0.1, -0.05) is 33.1 Å². The van der Waals surface area contributed by atoms with Crippen molar-refractivity contribution >= 4 is 0 Å². The molecular formula is C16H31NO. The Morgan fingerprint density at radius 1 is 1.39 bits per heavy atom. The van der Waals surface area contributed by atoms with E-state index in [2.05, 4.69) is 19.2 Å². The Labute approximate surface area is 113 Å². The maximum atomic E-state index is 5.15. The predicted octanol–water partition coefficient (Wildman–Crippen LogP) is 3.47. The molecular weight excluding hydrogens is 222 g/mol. The summed E-state index contributed by atoms with van der Waals surface area (Å²) in [4.78, 5) is 0. The molecule has 1 N–H and O–H groups in total. The lowest BCUT2D eigenvalue weighted by Crippen LogP contribution is -2.44. The van der Waals surface area contributed by atoms with Crippen LogP contribution in [0.1, 0.15) is 52.4 Å². The van der Waals surface area contributed by atoms with Crippen molar-refractivity contribution < 1.29 is 4.74 Å². The Kier molecular flexibility index (Phi) is 5.08. The highest BCUT2D eigenvalue weighted by Gasteiger charge is 2.52. The molecule has 2 heteroatoms. The second kappa shape index (κ2) is 6.38. The summed E-state index contributed by atoms with van der Waals surface area (Å²) in [7, 11) is 1.79. The van der Waals surface area contributed by atoms with E-state index in [0.717, 1.165) is 30.9 Å². The molecule has 0 spiro atoms. The van der Waals surface area contributed by atoms with Gasteiger partial charge in [-0.2, -0.15) is 0 Å². The summed E-state index contributed by atoms with van der Waals surface area (Å²) in [5.41, 5.74) is 0.604. The molecule has 0 saturated heterocycles. The summed E-state index contributed by atoms with van der Waals surface area (Å²) < 4.78 is 5.15. The Balaban J connectivity index is 1.95. The normalized spacial score (nSPS) is 36.2. The van der Waals surface area contributed by atoms with Gasteiger partial charge in [0.15, 0.2) is 0 Å². The highest BCUT2D eigenvalue weighted by Crippen LogP contribution is 2.59. The molecule has 2 saturated carbocycles. The van der Waals surface area contributed by atoms with Crippen LogP contribution in [0, 0.1) is 23.2 Å². The number of methoxy groups -OCH3 is 1. The first kappa shape index (κ1) is 14.3. The predicted molar refractivity (Wildman–Crippen MR) is 76.7 cm³/mol. The van der Waals surface area contributed by atoms with Crippen LogP contribution in [0.15, 0.2) is 0 Å². The minimum atomic E-state index is 0.604. The monoisotopic (exact) mass is 253 g/mol. The van der Waals surface area contributed by atoms with E-state index >= 15 is 0 Å². The van der Waals surface area contributed by atoms with Crippen LogP contribution in [0.2, 0.25) is 0 Å². The number of nitrogens with one attached hydrogen (secondary N) is 1. The van der Waals surface area contributed by atoms with Gasteiger partial charge in [0.2, 0.25) is 0 Å². The van der Waals surface area contributed by atoms with Gasteiger partial charge in [0, 0.05) is 20.2 Å². The summed E-state index contributed by atoms with van der Waals surface area (Å²) in [5, 5.41) is 3.67. The topological polar surface area (TPSA) is 21.3 Å². The highest BCUT2D eigenvalue weighted by atomic mass is 16.5. The summed E-state index contributed by atoms with van der Waals surface area (Å²) in [6.45, 7) is 7.90. The van der Waals surface area contributed by atoms with Crippen molar-refractivity contribution in [3.05, 3.63) is 0 Å². The van der Waals surface area contributed by atoms with Crippen molar-refractivity contribution in [3.63, 3.8) is 0 Å². The van der Waals surface area contributed by atoms with Gasteiger partial charge in [0.25, 0.3) is 0 Å². The fourth-order valence-corrected chi connectivity index (χ4v) is 4.70. The van der Waals surface area contributed by atoms with E-state index < -0.39 is 0 Å². The zero-order valence-electron chi connectivity index (χ0n) is 12.5. The molecule has 4 atom stereocenters. The van der Waals surface area contributed by atoms with Gasteiger partial charge in [-0.05, 0) is 42.4 Å². The molecule has 2 fully saturated rings. The molecule has 0 aromatic rings. The number of fused-ring (bicyclic) bond motifs is 2. The van der Waals surface area contributed by atoms with Gasteiger partial charge in [0.1, 0.15) is 0 Å². The first-order valence-corrected chi connectivity index (χ1v) is 7.92. The molecule has 2 rings (SSSR count). The largest absolute Gasteiger partial charge is 0.383 e. The van der Waals surface area contributed by atoms with E-state index in [1.807, 2.05) is 0 Å². The number of hydrogen-bond acceptors (Lipinski definition) is 2. The second-order valence-electron chi connectivity index (χ2n) is 6.67. The van der Waals surface area contributed by atoms with Crippen molar-refractivity contribution in [3.8, 4) is 0 Å². The minimum absolute atomic E-state index is 0.604. The van der Waals surface area contributed by atoms with Crippen LogP contribution in [-0.2, 0) is 4.74 Å². The highest BCUT2D eigenvalue weighted by molar-refractivity contribution is 5.03. The van der Waals surface area contributed by atoms with Gasteiger partial charge < -0.3 is 10.1 Å². The molecule has 0 aromatic carbocycles. The molecule has 0 amide bonds. The number of hydrogen-bond donors (Lipinski definition) is 1. The van der Waals surface area contributed by atoms with E-state index in [4.69, 9.17) is 4.74 Å². The lowest BCUT2D eigenvalue weighted by molar-refractivity contribution is 0.0737. The third-order valence-corrected chi connectivity index (χ3v) is 5.66. The molecule has 18 heavy (non-hydrogen) atoms. The average molecular weight is 253 g/mol. The lowest BCUT2D eigenvalue weighted by atomic mass is 9.64. The fraction of sp³-hybridized carbons (Fsp3) is 1.00. The molecule has 0 aliphatic heterocycles. The zero-order chi connectivity index (χ0) is 13.0. The molecule has 2 bridgehead atoms. The Morgan fingerprint density at radius 2 is 2.22 bits per heavy atom. The maximum Gasteiger partial charge on any atom is 0.0587 e. The summed E-state index contributed by atoms with van der Waals surface area (Å²) in [5.74, 6) is 2.92. The van der Waals surface area contributed by atoms with Crippen molar-refractivity contribution in [1.29, 1.82) is 0 Å². The Bertz CT molecular complexity index is 255. The summed E-state index contributed by atoms with van der Waals surface area (Å²) >= 11 is 0. The SMILES string of the molecule is CCCC(C)C1(CNCCOC)CC2CCC1C2. The van der Waals surface area contributed by atoms with Gasteiger partial charge in [-0.25, -0.2) is 0 Å². The molecule has 106 valence electrons. The molecule has 0 radical (unpaired) electrons. The third-order valence-electron chi connectivity index (χ3n) is 5.66. The average Bonchev–Trinajstić information content (AvgIpc) is 2.96. The van der Waals surface area contributed by atoms with Crippen molar-refractivity contribution in [2.75, 3.05) is 26.8 Å². The van der Waals surface area contributed by atoms with E-state index in [1.54, 1.807) is 7.11 Å². The fourth-order valence-electron chi connectivity index (χ4n) is 4.70. The number of ether oxygens (including phenoxy) is 1. The van der Waals surface area contributed by atoms with Crippen molar-refractivity contribution in [1.82, 2.24) is 5.32 Å². The van der Waals surface area contributed by atoms with Gasteiger partial charge in [-0.3, -0.25) is 0 Å². The summed E-state index contributed by atoms with van der Waals surface area (Å²) in [6, 6.07) is 0. The third kappa shape index (κ3) is 2.75. The van der Waals surface area contributed by atoms with Crippen LogP contribution in [0.25, 0.3) is 0 Å². The Morgan fingerprint density at radius 3 is 2.78 bits per heavy atom. The standard InChI is InChI=1S/C16H31NO/c1-4-5-13(2)16(12-17-8-9-18-3)11-14-6-7-15(16)10-14/h13-15,17H,4-12H2,1-3H3. The second-order valence-corrected chi connectivity index (χ2v) is 6.67. The minimum Gasteiger partial charge on any atom is -0.383 e. The van der Waals surface area contributed by atoms with Crippen LogP contribution >= 0.6 is 0 Å². The molecule has 0 heterocycles. The zero-order valence-corrected chi connectivity index (χ0v) is 12.5. The van der Waals surface area contributed by atoms with Crippen LogP contribution in [-0.4, -0.2) is 26.8 Å². The van der Waals surface area contributed by atoms with Crippen molar-refractivity contribution in [2.45, 2.75) is 52.4 Å². The number of rotatable bonds is 8. The lowest BCUT2D eigenvalue weighted by Gasteiger charge is -2.43. The molecule has 4 unspecified atom stereocenters.